The summed E-state index contributed by atoms with van der Waals surface area (Å²) in [4.78, 5) is 12.0. The first-order valence-electron chi connectivity index (χ1n) is 7.46. The molecule has 0 bridgehead atoms. The highest BCUT2D eigenvalue weighted by atomic mass is 16.5. The molecule has 0 atom stereocenters. The van der Waals surface area contributed by atoms with Crippen molar-refractivity contribution in [3.8, 4) is 17.2 Å². The van der Waals surface area contributed by atoms with Gasteiger partial charge < -0.3 is 14.6 Å². The van der Waals surface area contributed by atoms with Crippen molar-refractivity contribution in [3.63, 3.8) is 0 Å². The zero-order valence-electron chi connectivity index (χ0n) is 13.8. The van der Waals surface area contributed by atoms with Gasteiger partial charge in [0.05, 0.1) is 19.4 Å². The Morgan fingerprint density at radius 1 is 1.17 bits per heavy atom. The molecule has 0 aliphatic heterocycles. The Morgan fingerprint density at radius 2 is 1.83 bits per heavy atom. The summed E-state index contributed by atoms with van der Waals surface area (Å²) in [7, 11) is 1.53. The molecule has 126 valence electrons. The van der Waals surface area contributed by atoms with Crippen molar-refractivity contribution in [2.24, 2.45) is 5.10 Å². The molecule has 2 rings (SSSR count). The minimum absolute atomic E-state index is 0.0454. The number of phenols is 1. The number of carbonyl (C=O) groups is 1. The van der Waals surface area contributed by atoms with E-state index in [2.05, 4.69) is 10.5 Å². The number of carbonyl (C=O) groups excluding carboxylic acids is 1. The number of ether oxygens (including phenoxy) is 2. The Bertz CT molecular complexity index is 724. The third-order valence-electron chi connectivity index (χ3n) is 3.09. The van der Waals surface area contributed by atoms with Crippen LogP contribution in [0, 0.1) is 0 Å². The second-order valence-electron chi connectivity index (χ2n) is 5.31. The Balaban J connectivity index is 2.00. The first-order chi connectivity index (χ1) is 11.5. The number of nitrogens with zero attached hydrogens (tertiary/aromatic N) is 1. The molecule has 0 aliphatic rings. The molecule has 6 nitrogen and oxygen atoms in total. The van der Waals surface area contributed by atoms with E-state index in [1.165, 1.54) is 19.4 Å². The Morgan fingerprint density at radius 3 is 2.46 bits per heavy atom. The van der Waals surface area contributed by atoms with Gasteiger partial charge in [-0.05, 0) is 56.3 Å². The van der Waals surface area contributed by atoms with E-state index in [9.17, 15) is 9.90 Å². The first-order valence-corrected chi connectivity index (χ1v) is 7.46. The van der Waals surface area contributed by atoms with Crippen LogP contribution in [0.1, 0.15) is 29.8 Å². The molecule has 2 N–H and O–H groups in total. The average molecular weight is 328 g/mol. The number of amides is 1. The van der Waals surface area contributed by atoms with Crippen molar-refractivity contribution in [1.29, 1.82) is 0 Å². The van der Waals surface area contributed by atoms with Crippen molar-refractivity contribution in [1.82, 2.24) is 5.43 Å². The van der Waals surface area contributed by atoms with Gasteiger partial charge in [-0.1, -0.05) is 0 Å². The van der Waals surface area contributed by atoms with Crippen LogP contribution in [0.15, 0.2) is 47.6 Å². The van der Waals surface area contributed by atoms with Gasteiger partial charge in [-0.2, -0.15) is 5.10 Å². The summed E-state index contributed by atoms with van der Waals surface area (Å²) in [6.07, 6.45) is 1.43. The lowest BCUT2D eigenvalue weighted by Crippen LogP contribution is -2.17. The maximum atomic E-state index is 12.0. The molecule has 0 radical (unpaired) electrons. The molecule has 2 aromatic carbocycles. The Hall–Kier alpha value is -3.02. The predicted octanol–water partition coefficient (Wildman–Crippen LogP) is 2.95. The van der Waals surface area contributed by atoms with Crippen molar-refractivity contribution in [2.45, 2.75) is 20.0 Å². The van der Waals surface area contributed by atoms with Crippen LogP contribution in [0.4, 0.5) is 0 Å². The van der Waals surface area contributed by atoms with Crippen molar-refractivity contribution >= 4 is 12.1 Å². The van der Waals surface area contributed by atoms with Gasteiger partial charge in [-0.15, -0.1) is 0 Å². The van der Waals surface area contributed by atoms with Gasteiger partial charge in [0, 0.05) is 11.1 Å². The highest BCUT2D eigenvalue weighted by molar-refractivity contribution is 5.95. The van der Waals surface area contributed by atoms with Gasteiger partial charge in [0.1, 0.15) is 17.2 Å². The molecule has 0 saturated carbocycles. The molecule has 0 fully saturated rings. The lowest BCUT2D eigenvalue weighted by atomic mass is 10.2. The fourth-order valence-corrected chi connectivity index (χ4v) is 1.95. The molecule has 1 amide bonds. The van der Waals surface area contributed by atoms with E-state index in [0.717, 1.165) is 0 Å². The fraction of sp³-hybridized carbons (Fsp3) is 0.222. The number of phenolic OH excluding ortho intramolecular Hbond substituents is 1. The highest BCUT2D eigenvalue weighted by Crippen LogP contribution is 2.21. The smallest absolute Gasteiger partial charge is 0.271 e. The summed E-state index contributed by atoms with van der Waals surface area (Å²) < 4.78 is 10.6. The average Bonchev–Trinajstić information content (AvgIpc) is 2.56. The van der Waals surface area contributed by atoms with E-state index in [-0.39, 0.29) is 17.8 Å². The number of rotatable bonds is 6. The number of aromatic hydroxyl groups is 1. The van der Waals surface area contributed by atoms with E-state index in [4.69, 9.17) is 9.47 Å². The van der Waals surface area contributed by atoms with E-state index in [1.807, 2.05) is 13.8 Å². The Kier molecular flexibility index (Phi) is 5.78. The third-order valence-corrected chi connectivity index (χ3v) is 3.09. The fourth-order valence-electron chi connectivity index (χ4n) is 1.95. The molecule has 0 spiro atoms. The van der Waals surface area contributed by atoms with E-state index < -0.39 is 0 Å². The molecular formula is C18H20N2O4. The largest absolute Gasteiger partial charge is 0.507 e. The molecule has 24 heavy (non-hydrogen) atoms. The van der Waals surface area contributed by atoms with Crippen LogP contribution in [0.2, 0.25) is 0 Å². The van der Waals surface area contributed by atoms with Gasteiger partial charge in [0.15, 0.2) is 0 Å². The van der Waals surface area contributed by atoms with Crippen LogP contribution in [0.3, 0.4) is 0 Å². The molecule has 2 aromatic rings. The van der Waals surface area contributed by atoms with E-state index >= 15 is 0 Å². The van der Waals surface area contributed by atoms with Gasteiger partial charge in [0.25, 0.3) is 5.91 Å². The maximum Gasteiger partial charge on any atom is 0.271 e. The third kappa shape index (κ3) is 4.74. The second kappa shape index (κ2) is 8.01. The van der Waals surface area contributed by atoms with Gasteiger partial charge >= 0.3 is 0 Å². The zero-order chi connectivity index (χ0) is 17.5. The summed E-state index contributed by atoms with van der Waals surface area (Å²) >= 11 is 0. The summed E-state index contributed by atoms with van der Waals surface area (Å²) in [5, 5.41) is 13.6. The Labute approximate surface area is 140 Å². The number of hydrazone groups is 1. The van der Waals surface area contributed by atoms with Crippen LogP contribution < -0.4 is 14.9 Å². The van der Waals surface area contributed by atoms with Crippen LogP contribution in [0.25, 0.3) is 0 Å². The molecule has 0 heterocycles. The minimum Gasteiger partial charge on any atom is -0.507 e. The highest BCUT2D eigenvalue weighted by Gasteiger charge is 2.06. The van der Waals surface area contributed by atoms with Crippen molar-refractivity contribution in [3.05, 3.63) is 53.6 Å². The SMILES string of the molecule is COc1ccc(O)c(/C=N/NC(=O)c2ccc(OC(C)C)cc2)c1. The molecular weight excluding hydrogens is 308 g/mol. The number of benzene rings is 2. The molecule has 0 aliphatic carbocycles. The number of nitrogens with one attached hydrogen (secondary N) is 1. The quantitative estimate of drug-likeness (QED) is 0.631. The second-order valence-corrected chi connectivity index (χ2v) is 5.31. The topological polar surface area (TPSA) is 80.2 Å². The maximum absolute atomic E-state index is 12.0. The van der Waals surface area contributed by atoms with Crippen LogP contribution in [0.5, 0.6) is 17.2 Å². The van der Waals surface area contributed by atoms with Crippen LogP contribution in [-0.4, -0.2) is 30.4 Å². The number of methoxy groups -OCH3 is 1. The first kappa shape index (κ1) is 17.3. The lowest BCUT2D eigenvalue weighted by molar-refractivity contribution is 0.0955. The summed E-state index contributed by atoms with van der Waals surface area (Å²) in [6.45, 7) is 3.87. The van der Waals surface area contributed by atoms with Crippen LogP contribution in [-0.2, 0) is 0 Å². The summed E-state index contributed by atoms with van der Waals surface area (Å²) in [6, 6.07) is 11.5. The molecule has 6 heteroatoms. The van der Waals surface area contributed by atoms with Gasteiger partial charge in [-0.3, -0.25) is 4.79 Å². The number of hydrogen-bond acceptors (Lipinski definition) is 5. The predicted molar refractivity (Wildman–Crippen MR) is 91.9 cm³/mol. The van der Waals surface area contributed by atoms with Crippen molar-refractivity contribution in [2.75, 3.05) is 7.11 Å². The van der Waals surface area contributed by atoms with Gasteiger partial charge in [-0.25, -0.2) is 5.43 Å². The molecule has 0 unspecified atom stereocenters. The number of hydrogen-bond donors (Lipinski definition) is 2. The van der Waals surface area contributed by atoms with Crippen LogP contribution >= 0.6 is 0 Å². The minimum atomic E-state index is -0.357. The standard InChI is InChI=1S/C18H20N2O4/c1-12(2)24-15-6-4-13(5-7-15)18(22)20-19-11-14-10-16(23-3)8-9-17(14)21/h4-12,21H,1-3H3,(H,20,22)/b19-11+. The monoisotopic (exact) mass is 328 g/mol. The molecule has 0 saturated heterocycles. The lowest BCUT2D eigenvalue weighted by Gasteiger charge is -2.09. The zero-order valence-corrected chi connectivity index (χ0v) is 13.8. The van der Waals surface area contributed by atoms with E-state index in [1.54, 1.807) is 36.4 Å². The van der Waals surface area contributed by atoms with Gasteiger partial charge in [0.2, 0.25) is 0 Å². The summed E-state index contributed by atoms with van der Waals surface area (Å²) in [5.41, 5.74) is 3.31. The molecule has 0 aromatic heterocycles. The van der Waals surface area contributed by atoms with Crippen molar-refractivity contribution < 1.29 is 19.4 Å². The normalized spacial score (nSPS) is 10.8. The summed E-state index contributed by atoms with van der Waals surface area (Å²) in [5.74, 6) is 0.974. The van der Waals surface area contributed by atoms with E-state index in [0.29, 0.717) is 22.6 Å².